The van der Waals surface area contributed by atoms with Crippen LogP contribution in [0.4, 0.5) is 0 Å². The van der Waals surface area contributed by atoms with Gasteiger partial charge in [-0.3, -0.25) is 4.90 Å². The molecule has 0 saturated heterocycles. The van der Waals surface area contributed by atoms with Crippen LogP contribution in [-0.2, 0) is 11.3 Å². The molecule has 1 rings (SSSR count). The fraction of sp³-hybridized carbons (Fsp3) is 0.375. The van der Waals surface area contributed by atoms with Gasteiger partial charge in [-0.25, -0.2) is 4.98 Å². The molecule has 1 N–H and O–H groups in total. The summed E-state index contributed by atoms with van der Waals surface area (Å²) in [4.78, 5) is 17.0. The number of nitrogens with one attached hydrogen (secondary N) is 1. The lowest BCUT2D eigenvalue weighted by atomic mass is 10.1. The van der Waals surface area contributed by atoms with E-state index in [1.54, 1.807) is 12.1 Å². The summed E-state index contributed by atoms with van der Waals surface area (Å²) in [5.74, 6) is 0. The van der Waals surface area contributed by atoms with Gasteiger partial charge in [0.2, 0.25) is 0 Å². The van der Waals surface area contributed by atoms with E-state index in [9.17, 15) is 4.79 Å². The van der Waals surface area contributed by atoms with Crippen LogP contribution in [0.1, 0.15) is 24.1 Å². The van der Waals surface area contributed by atoms with Gasteiger partial charge in [0, 0.05) is 31.8 Å². The molecule has 0 aliphatic rings. The number of nitrogens with zero attached hydrogens (tertiary/aromatic N) is 2. The number of hydrogen-bond donors (Lipinski definition) is 1. The van der Waals surface area contributed by atoms with Gasteiger partial charge in [0.05, 0.1) is 5.69 Å². The van der Waals surface area contributed by atoms with E-state index in [0.717, 1.165) is 29.7 Å². The number of rotatable bonds is 9. The van der Waals surface area contributed by atoms with E-state index in [0.29, 0.717) is 18.1 Å². The molecular formula is C16H22ClN3O. The lowest BCUT2D eigenvalue weighted by Gasteiger charge is -2.29. The summed E-state index contributed by atoms with van der Waals surface area (Å²) >= 11 is 5.90. The summed E-state index contributed by atoms with van der Waals surface area (Å²) in [6, 6.07) is 3.79. The first kappa shape index (κ1) is 17.4. The molecule has 5 heteroatoms. The van der Waals surface area contributed by atoms with Gasteiger partial charge in [0.25, 0.3) is 0 Å². The Morgan fingerprint density at radius 1 is 1.57 bits per heavy atom. The molecule has 0 spiro atoms. The minimum Gasteiger partial charge on any atom is -0.391 e. The normalized spacial score (nSPS) is 12.0. The van der Waals surface area contributed by atoms with Crippen LogP contribution in [0.25, 0.3) is 6.08 Å². The van der Waals surface area contributed by atoms with Crippen LogP contribution in [0, 0.1) is 0 Å². The van der Waals surface area contributed by atoms with Crippen molar-refractivity contribution >= 4 is 24.0 Å². The largest absolute Gasteiger partial charge is 0.391 e. The van der Waals surface area contributed by atoms with E-state index in [-0.39, 0.29) is 6.04 Å². The molecule has 1 aromatic heterocycles. The van der Waals surface area contributed by atoms with Gasteiger partial charge < -0.3 is 10.1 Å². The summed E-state index contributed by atoms with van der Waals surface area (Å²) in [6.45, 7) is 8.47. The van der Waals surface area contributed by atoms with Gasteiger partial charge in [0.1, 0.15) is 11.4 Å². The monoisotopic (exact) mass is 307 g/mol. The van der Waals surface area contributed by atoms with E-state index in [4.69, 9.17) is 11.6 Å². The van der Waals surface area contributed by atoms with E-state index in [2.05, 4.69) is 28.4 Å². The minimum atomic E-state index is 0.0774. The van der Waals surface area contributed by atoms with Crippen molar-refractivity contribution in [1.82, 2.24) is 15.2 Å². The van der Waals surface area contributed by atoms with E-state index in [1.165, 1.54) is 0 Å². The Kier molecular flexibility index (Phi) is 7.12. The van der Waals surface area contributed by atoms with Gasteiger partial charge in [0.15, 0.2) is 0 Å². The first-order chi connectivity index (χ1) is 10.0. The second-order valence-corrected chi connectivity index (χ2v) is 5.22. The number of pyridine rings is 1. The number of halogens is 1. The van der Waals surface area contributed by atoms with Crippen molar-refractivity contribution in [3.05, 3.63) is 47.4 Å². The quantitative estimate of drug-likeness (QED) is 0.563. The van der Waals surface area contributed by atoms with E-state index in [1.807, 2.05) is 20.2 Å². The van der Waals surface area contributed by atoms with Crippen LogP contribution >= 0.6 is 11.6 Å². The average molecular weight is 308 g/mol. The predicted octanol–water partition coefficient (Wildman–Crippen LogP) is 2.89. The maximum absolute atomic E-state index is 10.6. The lowest BCUT2D eigenvalue weighted by Crippen LogP contribution is -2.36. The molecule has 21 heavy (non-hydrogen) atoms. The zero-order chi connectivity index (χ0) is 15.8. The van der Waals surface area contributed by atoms with Gasteiger partial charge in [-0.2, -0.15) is 0 Å². The fourth-order valence-electron chi connectivity index (χ4n) is 2.22. The molecule has 1 atom stereocenters. The first-order valence-corrected chi connectivity index (χ1v) is 7.19. The Morgan fingerprint density at radius 2 is 2.29 bits per heavy atom. The second-order valence-electron chi connectivity index (χ2n) is 4.83. The Balaban J connectivity index is 2.90. The summed E-state index contributed by atoms with van der Waals surface area (Å²) in [5.41, 5.74) is 2.71. The van der Waals surface area contributed by atoms with Crippen molar-refractivity contribution in [2.75, 3.05) is 14.1 Å². The maximum atomic E-state index is 10.6. The Bertz CT molecular complexity index is 516. The molecule has 4 nitrogen and oxygen atoms in total. The van der Waals surface area contributed by atoms with Crippen molar-refractivity contribution in [3.8, 4) is 0 Å². The van der Waals surface area contributed by atoms with Crippen LogP contribution in [0.5, 0.6) is 0 Å². The van der Waals surface area contributed by atoms with Crippen molar-refractivity contribution in [2.45, 2.75) is 25.4 Å². The molecule has 0 amide bonds. The highest BCUT2D eigenvalue weighted by Crippen LogP contribution is 2.18. The summed E-state index contributed by atoms with van der Waals surface area (Å²) in [6.07, 6.45) is 3.86. The number of aldehydes is 1. The topological polar surface area (TPSA) is 45.2 Å². The lowest BCUT2D eigenvalue weighted by molar-refractivity contribution is -0.108. The standard InChI is InChI=1S/C16H22ClN3O/c1-5-14-13(8-9-16(17)19-14)11-20(4)15(7-6-10-21)12(2)18-3/h5,8-10,15,18H,1-2,6-7,11H2,3-4H3. The van der Waals surface area contributed by atoms with Crippen LogP contribution in [0.3, 0.4) is 0 Å². The molecule has 1 unspecified atom stereocenters. The van der Waals surface area contributed by atoms with Crippen molar-refractivity contribution in [3.63, 3.8) is 0 Å². The Hall–Kier alpha value is -1.65. The number of aromatic nitrogens is 1. The number of carbonyl (C=O) groups is 1. The highest BCUT2D eigenvalue weighted by molar-refractivity contribution is 6.29. The molecule has 0 bridgehead atoms. The second kappa shape index (κ2) is 8.60. The smallest absolute Gasteiger partial charge is 0.129 e. The zero-order valence-electron chi connectivity index (χ0n) is 12.6. The first-order valence-electron chi connectivity index (χ1n) is 6.81. The van der Waals surface area contributed by atoms with Gasteiger partial charge in [-0.05, 0) is 31.2 Å². The molecule has 0 aliphatic carbocycles. The average Bonchev–Trinajstić information content (AvgIpc) is 2.48. The number of hydrogen-bond acceptors (Lipinski definition) is 4. The van der Waals surface area contributed by atoms with Crippen LogP contribution in [-0.4, -0.2) is 36.3 Å². The molecule has 114 valence electrons. The van der Waals surface area contributed by atoms with Crippen LogP contribution in [0.2, 0.25) is 5.15 Å². The molecule has 0 aliphatic heterocycles. The third-order valence-corrected chi connectivity index (χ3v) is 3.62. The minimum absolute atomic E-state index is 0.0774. The Labute approximate surface area is 131 Å². The third-order valence-electron chi connectivity index (χ3n) is 3.40. The molecule has 0 radical (unpaired) electrons. The zero-order valence-corrected chi connectivity index (χ0v) is 13.4. The third kappa shape index (κ3) is 4.99. The fourth-order valence-corrected chi connectivity index (χ4v) is 2.38. The molecule has 0 saturated carbocycles. The maximum Gasteiger partial charge on any atom is 0.129 e. The predicted molar refractivity (Wildman–Crippen MR) is 88.1 cm³/mol. The van der Waals surface area contributed by atoms with E-state index < -0.39 is 0 Å². The SMILES string of the molecule is C=Cc1nc(Cl)ccc1CN(C)C(CCC=O)C(=C)NC. The molecule has 0 aromatic carbocycles. The molecule has 1 heterocycles. The van der Waals surface area contributed by atoms with Crippen molar-refractivity contribution in [2.24, 2.45) is 0 Å². The summed E-state index contributed by atoms with van der Waals surface area (Å²) in [5, 5.41) is 3.52. The van der Waals surface area contributed by atoms with Gasteiger partial charge in [-0.15, -0.1) is 0 Å². The molecule has 0 fully saturated rings. The Morgan fingerprint density at radius 3 is 2.86 bits per heavy atom. The van der Waals surface area contributed by atoms with Crippen LogP contribution < -0.4 is 5.32 Å². The van der Waals surface area contributed by atoms with Gasteiger partial charge >= 0.3 is 0 Å². The van der Waals surface area contributed by atoms with Crippen molar-refractivity contribution in [1.29, 1.82) is 0 Å². The van der Waals surface area contributed by atoms with Gasteiger partial charge in [-0.1, -0.05) is 30.8 Å². The van der Waals surface area contributed by atoms with Crippen LogP contribution in [0.15, 0.2) is 31.0 Å². The number of carbonyl (C=O) groups excluding carboxylic acids is 1. The summed E-state index contributed by atoms with van der Waals surface area (Å²) < 4.78 is 0. The highest BCUT2D eigenvalue weighted by Gasteiger charge is 2.18. The molecular weight excluding hydrogens is 286 g/mol. The highest BCUT2D eigenvalue weighted by atomic mass is 35.5. The van der Waals surface area contributed by atoms with Crippen molar-refractivity contribution < 1.29 is 4.79 Å². The number of likely N-dealkylation sites (N-methyl/N-ethyl adjacent to an activating group) is 2. The summed E-state index contributed by atoms with van der Waals surface area (Å²) in [7, 11) is 3.84. The van der Waals surface area contributed by atoms with E-state index >= 15 is 0 Å². The molecule has 1 aromatic rings.